The summed E-state index contributed by atoms with van der Waals surface area (Å²) in [4.78, 5) is 0. The Balaban J connectivity index is 2.27. The molecule has 0 aromatic heterocycles. The lowest BCUT2D eigenvalue weighted by Crippen LogP contribution is -2.18. The third-order valence-corrected chi connectivity index (χ3v) is 4.30. The number of benzene rings is 2. The van der Waals surface area contributed by atoms with Crippen LogP contribution in [0.15, 0.2) is 48.5 Å². The monoisotopic (exact) mass is 266 g/mol. The second-order valence-electron chi connectivity index (χ2n) is 6.12. The molecule has 20 heavy (non-hydrogen) atoms. The van der Waals surface area contributed by atoms with Gasteiger partial charge in [-0.25, -0.2) is 0 Å². The first kappa shape index (κ1) is 14.8. The van der Waals surface area contributed by atoms with Gasteiger partial charge in [-0.15, -0.1) is 0 Å². The molecule has 106 valence electrons. The Morgan fingerprint density at radius 1 is 0.700 bits per heavy atom. The van der Waals surface area contributed by atoms with Crippen molar-refractivity contribution < 1.29 is 0 Å². The van der Waals surface area contributed by atoms with E-state index in [0.29, 0.717) is 0 Å². The third-order valence-electron chi connectivity index (χ3n) is 4.30. The molecule has 0 saturated carbocycles. The van der Waals surface area contributed by atoms with Crippen LogP contribution in [-0.2, 0) is 18.3 Å². The molecule has 0 atom stereocenters. The minimum absolute atomic E-state index is 0.0665. The van der Waals surface area contributed by atoms with E-state index in [9.17, 15) is 0 Å². The van der Waals surface area contributed by atoms with E-state index < -0.39 is 0 Å². The zero-order valence-corrected chi connectivity index (χ0v) is 13.2. The summed E-state index contributed by atoms with van der Waals surface area (Å²) in [6, 6.07) is 18.2. The fourth-order valence-corrected chi connectivity index (χ4v) is 2.70. The highest BCUT2D eigenvalue weighted by molar-refractivity contribution is 5.39. The molecule has 0 aliphatic heterocycles. The topological polar surface area (TPSA) is 0 Å². The summed E-state index contributed by atoms with van der Waals surface area (Å²) in [6.07, 6.45) is 3.49. The van der Waals surface area contributed by atoms with Crippen molar-refractivity contribution in [1.82, 2.24) is 0 Å². The van der Waals surface area contributed by atoms with Crippen molar-refractivity contribution in [2.24, 2.45) is 0 Å². The van der Waals surface area contributed by atoms with Gasteiger partial charge in [0, 0.05) is 5.41 Å². The number of hydrogen-bond acceptors (Lipinski definition) is 0. The molecule has 2 aromatic carbocycles. The van der Waals surface area contributed by atoms with Crippen molar-refractivity contribution in [2.45, 2.75) is 52.4 Å². The molecule has 0 saturated heterocycles. The Morgan fingerprint density at radius 3 is 1.55 bits per heavy atom. The van der Waals surface area contributed by atoms with Gasteiger partial charge in [0.25, 0.3) is 0 Å². The summed E-state index contributed by atoms with van der Waals surface area (Å²) < 4.78 is 0. The Labute approximate surface area is 123 Å². The van der Waals surface area contributed by atoms with Crippen LogP contribution in [0.1, 0.15) is 56.4 Å². The Hall–Kier alpha value is -1.56. The average molecular weight is 266 g/mol. The summed E-state index contributed by atoms with van der Waals surface area (Å²) in [5.41, 5.74) is 5.69. The Morgan fingerprint density at radius 2 is 1.15 bits per heavy atom. The van der Waals surface area contributed by atoms with Crippen LogP contribution in [0, 0.1) is 0 Å². The third kappa shape index (κ3) is 3.12. The van der Waals surface area contributed by atoms with Gasteiger partial charge in [0.1, 0.15) is 0 Å². The molecule has 0 heteroatoms. The van der Waals surface area contributed by atoms with E-state index in [2.05, 4.69) is 76.2 Å². The fourth-order valence-electron chi connectivity index (χ4n) is 2.70. The van der Waals surface area contributed by atoms with E-state index >= 15 is 0 Å². The second-order valence-corrected chi connectivity index (χ2v) is 6.12. The first-order chi connectivity index (χ1) is 9.57. The van der Waals surface area contributed by atoms with Crippen LogP contribution in [0.2, 0.25) is 0 Å². The predicted molar refractivity (Wildman–Crippen MR) is 88.4 cm³/mol. The molecule has 0 heterocycles. The lowest BCUT2D eigenvalue weighted by Gasteiger charge is -2.26. The average Bonchev–Trinajstić information content (AvgIpc) is 2.48. The van der Waals surface area contributed by atoms with E-state index in [4.69, 9.17) is 0 Å². The van der Waals surface area contributed by atoms with Crippen LogP contribution in [0.25, 0.3) is 0 Å². The molecule has 0 nitrogen and oxygen atoms in total. The van der Waals surface area contributed by atoms with Gasteiger partial charge in [0.2, 0.25) is 0 Å². The molecule has 0 spiro atoms. The van der Waals surface area contributed by atoms with Gasteiger partial charge in [-0.2, -0.15) is 0 Å². The largest absolute Gasteiger partial charge is 0.0651 e. The number of aryl methyl sites for hydroxylation is 2. The highest BCUT2D eigenvalue weighted by atomic mass is 14.3. The van der Waals surface area contributed by atoms with Gasteiger partial charge in [0.05, 0.1) is 0 Å². The number of rotatable bonds is 5. The van der Waals surface area contributed by atoms with Crippen LogP contribution >= 0.6 is 0 Å². The van der Waals surface area contributed by atoms with E-state index in [1.54, 1.807) is 0 Å². The molecule has 0 fully saturated rings. The highest BCUT2D eigenvalue weighted by Gasteiger charge is 2.22. The first-order valence-electron chi connectivity index (χ1n) is 7.76. The maximum Gasteiger partial charge on any atom is 0.0146 e. The zero-order chi connectivity index (χ0) is 14.6. The van der Waals surface area contributed by atoms with Crippen molar-refractivity contribution in [2.75, 3.05) is 0 Å². The lowest BCUT2D eigenvalue weighted by molar-refractivity contribution is 0.640. The van der Waals surface area contributed by atoms with Crippen molar-refractivity contribution in [3.05, 3.63) is 70.8 Å². The molecule has 0 N–H and O–H groups in total. The molecule has 2 aromatic rings. The van der Waals surface area contributed by atoms with Crippen LogP contribution < -0.4 is 0 Å². The van der Waals surface area contributed by atoms with E-state index in [1.165, 1.54) is 35.1 Å². The molecule has 2 rings (SSSR count). The lowest BCUT2D eigenvalue weighted by atomic mass is 9.77. The molecule has 0 radical (unpaired) electrons. The predicted octanol–water partition coefficient (Wildman–Crippen LogP) is 5.53. The Bertz CT molecular complexity index is 529. The minimum atomic E-state index is 0.0665. The van der Waals surface area contributed by atoms with E-state index in [-0.39, 0.29) is 5.41 Å². The summed E-state index contributed by atoms with van der Waals surface area (Å²) in [6.45, 7) is 9.05. The Kier molecular flexibility index (Phi) is 4.65. The second kappa shape index (κ2) is 6.26. The van der Waals surface area contributed by atoms with Crippen molar-refractivity contribution in [1.29, 1.82) is 0 Å². The summed E-state index contributed by atoms with van der Waals surface area (Å²) in [5, 5.41) is 0. The first-order valence-corrected chi connectivity index (χ1v) is 7.76. The molecule has 0 bridgehead atoms. The molecular formula is C20H26. The van der Waals surface area contributed by atoms with Gasteiger partial charge in [-0.05, 0) is 35.1 Å². The summed E-state index contributed by atoms with van der Waals surface area (Å²) in [7, 11) is 0. The van der Waals surface area contributed by atoms with Crippen LogP contribution in [0.3, 0.4) is 0 Å². The standard InChI is InChI=1S/C20H26/c1-5-7-17-10-14-19(15-11-17)20(3,4)18-12-8-16(6-2)9-13-18/h8-15H,5-7H2,1-4H3. The number of hydrogen-bond donors (Lipinski definition) is 0. The van der Waals surface area contributed by atoms with E-state index in [0.717, 1.165) is 6.42 Å². The molecule has 0 aliphatic rings. The van der Waals surface area contributed by atoms with Gasteiger partial charge in [-0.1, -0.05) is 82.6 Å². The van der Waals surface area contributed by atoms with Crippen molar-refractivity contribution in [3.63, 3.8) is 0 Å². The van der Waals surface area contributed by atoms with Crippen molar-refractivity contribution in [3.8, 4) is 0 Å². The van der Waals surface area contributed by atoms with Crippen LogP contribution in [0.5, 0.6) is 0 Å². The smallest absolute Gasteiger partial charge is 0.0146 e. The van der Waals surface area contributed by atoms with Gasteiger partial charge >= 0.3 is 0 Å². The molecular weight excluding hydrogens is 240 g/mol. The molecule has 0 aliphatic carbocycles. The zero-order valence-electron chi connectivity index (χ0n) is 13.2. The van der Waals surface area contributed by atoms with Gasteiger partial charge in [0.15, 0.2) is 0 Å². The normalized spacial score (nSPS) is 11.6. The fraction of sp³-hybridized carbons (Fsp3) is 0.400. The summed E-state index contributed by atoms with van der Waals surface area (Å²) >= 11 is 0. The minimum Gasteiger partial charge on any atom is -0.0651 e. The maximum atomic E-state index is 2.31. The molecule has 0 amide bonds. The molecule has 0 unspecified atom stereocenters. The quantitative estimate of drug-likeness (QED) is 0.667. The summed E-state index contributed by atoms with van der Waals surface area (Å²) in [5.74, 6) is 0. The van der Waals surface area contributed by atoms with Crippen LogP contribution in [0.4, 0.5) is 0 Å². The van der Waals surface area contributed by atoms with Crippen molar-refractivity contribution >= 4 is 0 Å². The van der Waals surface area contributed by atoms with Crippen LogP contribution in [-0.4, -0.2) is 0 Å². The SMILES string of the molecule is CCCc1ccc(C(C)(C)c2ccc(CC)cc2)cc1. The maximum absolute atomic E-state index is 2.31. The highest BCUT2D eigenvalue weighted by Crippen LogP contribution is 2.31. The van der Waals surface area contributed by atoms with Gasteiger partial charge in [-0.3, -0.25) is 0 Å². The van der Waals surface area contributed by atoms with E-state index in [1.807, 2.05) is 0 Å². The van der Waals surface area contributed by atoms with Gasteiger partial charge < -0.3 is 0 Å².